The maximum Gasteiger partial charge on any atom is 0.336 e. The number of rotatable bonds is 9. The average molecular weight is 670 g/mol. The van der Waals surface area contributed by atoms with Gasteiger partial charge in [0, 0.05) is 23.4 Å². The lowest BCUT2D eigenvalue weighted by atomic mass is 9.68. The molecule has 45 heavy (non-hydrogen) atoms. The molecule has 2 aliphatic heterocycles. The van der Waals surface area contributed by atoms with E-state index in [4.69, 9.17) is 32.7 Å². The largest absolute Gasteiger partial charge is 0.466 e. The minimum atomic E-state index is -0.784. The predicted molar refractivity (Wildman–Crippen MR) is 182 cm³/mol. The van der Waals surface area contributed by atoms with E-state index in [0.717, 1.165) is 32.5 Å². The highest BCUT2D eigenvalue weighted by molar-refractivity contribution is 6.42. The van der Waals surface area contributed by atoms with Crippen LogP contribution in [0.1, 0.15) is 55.7 Å². The maximum absolute atomic E-state index is 13.6. The maximum atomic E-state index is 13.6. The number of allylic oxidation sites excluding steroid dienone is 2. The lowest BCUT2D eigenvalue weighted by Gasteiger charge is -2.43. The smallest absolute Gasteiger partial charge is 0.336 e. The molecule has 6 nitrogen and oxygen atoms in total. The Kier molecular flexibility index (Phi) is 11.8. The Morgan fingerprint density at radius 3 is 1.96 bits per heavy atom. The molecular weight excluding hydrogens is 631 g/mol. The number of nitrogens with one attached hydrogen (secondary N) is 1. The van der Waals surface area contributed by atoms with Gasteiger partial charge in [-0.1, -0.05) is 96.0 Å². The van der Waals surface area contributed by atoms with E-state index in [2.05, 4.69) is 70.9 Å². The molecule has 0 aromatic heterocycles. The van der Waals surface area contributed by atoms with Crippen LogP contribution >= 0.6 is 35.6 Å². The third kappa shape index (κ3) is 7.25. The van der Waals surface area contributed by atoms with Gasteiger partial charge in [0.05, 0.1) is 40.8 Å². The molecule has 3 aromatic carbocycles. The molecule has 9 heteroatoms. The van der Waals surface area contributed by atoms with Crippen molar-refractivity contribution in [1.29, 1.82) is 0 Å². The Morgan fingerprint density at radius 1 is 0.844 bits per heavy atom. The summed E-state index contributed by atoms with van der Waals surface area (Å²) in [5.74, 6) is -1.84. The fourth-order valence-electron chi connectivity index (χ4n) is 6.65. The molecule has 0 spiro atoms. The van der Waals surface area contributed by atoms with Crippen molar-refractivity contribution in [1.82, 2.24) is 10.2 Å². The number of methoxy groups -OCH3 is 1. The first kappa shape index (κ1) is 34.6. The second-order valence-electron chi connectivity index (χ2n) is 11.4. The molecule has 1 unspecified atom stereocenters. The zero-order valence-electron chi connectivity index (χ0n) is 25.8. The quantitative estimate of drug-likeness (QED) is 0.185. The summed E-state index contributed by atoms with van der Waals surface area (Å²) in [7, 11) is 1.31. The normalized spacial score (nSPS) is 18.1. The van der Waals surface area contributed by atoms with E-state index in [1.807, 2.05) is 0 Å². The highest BCUT2D eigenvalue weighted by Gasteiger charge is 2.40. The van der Waals surface area contributed by atoms with Gasteiger partial charge in [0.15, 0.2) is 0 Å². The molecule has 0 amide bonds. The zero-order chi connectivity index (χ0) is 31.3. The van der Waals surface area contributed by atoms with Crippen molar-refractivity contribution in [3.63, 3.8) is 0 Å². The molecule has 2 heterocycles. The Bertz CT molecular complexity index is 1520. The number of ether oxygens (including phenoxy) is 2. The molecule has 3 aromatic rings. The van der Waals surface area contributed by atoms with E-state index in [1.54, 1.807) is 32.0 Å². The molecule has 1 N–H and O–H groups in total. The van der Waals surface area contributed by atoms with Gasteiger partial charge in [-0.2, -0.15) is 0 Å². The lowest BCUT2D eigenvalue weighted by molar-refractivity contribution is -0.139. The summed E-state index contributed by atoms with van der Waals surface area (Å²) in [5.41, 5.74) is 5.03. The minimum absolute atomic E-state index is 0. The number of piperidine rings is 1. The lowest BCUT2D eigenvalue weighted by Crippen LogP contribution is -2.43. The van der Waals surface area contributed by atoms with Gasteiger partial charge in [0.25, 0.3) is 0 Å². The third-order valence-electron chi connectivity index (χ3n) is 8.89. The summed E-state index contributed by atoms with van der Waals surface area (Å²) in [6.07, 6.45) is 2.72. The van der Waals surface area contributed by atoms with Gasteiger partial charge in [-0.05, 0) is 69.0 Å². The van der Waals surface area contributed by atoms with E-state index in [9.17, 15) is 9.59 Å². The first-order chi connectivity index (χ1) is 21.3. The van der Waals surface area contributed by atoms with Gasteiger partial charge >= 0.3 is 11.9 Å². The Balaban J connectivity index is 0.00000461. The first-order valence-corrected chi connectivity index (χ1v) is 15.7. The highest BCUT2D eigenvalue weighted by atomic mass is 35.5. The van der Waals surface area contributed by atoms with Crippen LogP contribution in [-0.2, 0) is 24.5 Å². The van der Waals surface area contributed by atoms with Crippen LogP contribution in [0.15, 0.2) is 101 Å². The summed E-state index contributed by atoms with van der Waals surface area (Å²) in [6.45, 7) is 6.53. The van der Waals surface area contributed by atoms with Gasteiger partial charge in [0.2, 0.25) is 0 Å². The van der Waals surface area contributed by atoms with Crippen molar-refractivity contribution < 1.29 is 19.1 Å². The summed E-state index contributed by atoms with van der Waals surface area (Å²) in [5, 5.41) is 3.77. The number of carbonyl (C=O) groups excluding carboxylic acids is 2. The average Bonchev–Trinajstić information content (AvgIpc) is 3.05. The number of benzene rings is 3. The number of hydrogen-bond donors (Lipinski definition) is 1. The highest BCUT2D eigenvalue weighted by Crippen LogP contribution is 2.44. The van der Waals surface area contributed by atoms with Crippen molar-refractivity contribution in [2.75, 3.05) is 33.4 Å². The number of hydrogen-bond acceptors (Lipinski definition) is 6. The van der Waals surface area contributed by atoms with E-state index < -0.39 is 17.9 Å². The topological polar surface area (TPSA) is 67.9 Å². The van der Waals surface area contributed by atoms with Crippen molar-refractivity contribution in [3.05, 3.63) is 128 Å². The van der Waals surface area contributed by atoms with E-state index in [-0.39, 0.29) is 29.5 Å². The Hall–Kier alpha value is -3.29. The van der Waals surface area contributed by atoms with Crippen LogP contribution in [-0.4, -0.2) is 50.2 Å². The summed E-state index contributed by atoms with van der Waals surface area (Å²) in [6, 6.07) is 26.8. The first-order valence-electron chi connectivity index (χ1n) is 15.0. The van der Waals surface area contributed by atoms with Crippen molar-refractivity contribution in [2.45, 2.75) is 44.4 Å². The molecule has 0 radical (unpaired) electrons. The van der Waals surface area contributed by atoms with Crippen LogP contribution in [0.3, 0.4) is 0 Å². The molecule has 1 saturated heterocycles. The van der Waals surface area contributed by atoms with Crippen LogP contribution in [0, 0.1) is 0 Å². The zero-order valence-corrected chi connectivity index (χ0v) is 28.1. The van der Waals surface area contributed by atoms with Crippen LogP contribution < -0.4 is 5.32 Å². The Labute approximate surface area is 281 Å². The molecule has 0 aliphatic carbocycles. The number of halogens is 3. The van der Waals surface area contributed by atoms with Gasteiger partial charge in [-0.3, -0.25) is 0 Å². The van der Waals surface area contributed by atoms with Crippen molar-refractivity contribution in [2.24, 2.45) is 0 Å². The van der Waals surface area contributed by atoms with Crippen molar-refractivity contribution in [3.8, 4) is 0 Å². The SMILES string of the molecule is COC(=O)C1=C(C)NC(C)=C(C(=O)OCCCN2CCC(c3ccccc3)(c3ccccc3)CC2)C1c1cccc(Cl)c1Cl.Cl. The van der Waals surface area contributed by atoms with E-state index in [1.165, 1.54) is 18.2 Å². The van der Waals surface area contributed by atoms with Crippen LogP contribution in [0.2, 0.25) is 10.0 Å². The number of esters is 2. The number of likely N-dealkylation sites (tertiary alicyclic amines) is 1. The predicted octanol–water partition coefficient (Wildman–Crippen LogP) is 7.84. The van der Waals surface area contributed by atoms with Crippen LogP contribution in [0.4, 0.5) is 0 Å². The third-order valence-corrected chi connectivity index (χ3v) is 9.73. The summed E-state index contributed by atoms with van der Waals surface area (Å²) >= 11 is 12.9. The molecule has 0 saturated carbocycles. The van der Waals surface area contributed by atoms with Gasteiger partial charge < -0.3 is 19.7 Å². The molecule has 0 bridgehead atoms. The number of dihydropyridines is 1. The van der Waals surface area contributed by atoms with E-state index in [0.29, 0.717) is 39.5 Å². The Morgan fingerprint density at radius 2 is 1.40 bits per heavy atom. The molecule has 5 rings (SSSR count). The molecule has 238 valence electrons. The van der Waals surface area contributed by atoms with E-state index >= 15 is 0 Å². The fourth-order valence-corrected chi connectivity index (χ4v) is 7.06. The minimum Gasteiger partial charge on any atom is -0.466 e. The van der Waals surface area contributed by atoms with Gasteiger partial charge in [-0.15, -0.1) is 12.4 Å². The van der Waals surface area contributed by atoms with Crippen LogP contribution in [0.5, 0.6) is 0 Å². The second-order valence-corrected chi connectivity index (χ2v) is 12.2. The number of carbonyl (C=O) groups is 2. The van der Waals surface area contributed by atoms with Gasteiger partial charge in [0.1, 0.15) is 0 Å². The summed E-state index contributed by atoms with van der Waals surface area (Å²) < 4.78 is 10.9. The van der Waals surface area contributed by atoms with Gasteiger partial charge in [-0.25, -0.2) is 9.59 Å². The fraction of sp³-hybridized carbons (Fsp3) is 0.333. The standard InChI is InChI=1S/C36H38Cl2N2O4.ClH/c1-24-30(34(41)43-3)32(28-16-10-17-29(37)33(28)38)31(25(2)39-24)35(42)44-23-11-20-40-21-18-36(19-22-40,26-12-6-4-7-13-26)27-14-8-5-9-15-27;/h4-10,12-17,32,39H,11,18-23H2,1-3H3;1H. The molecule has 1 fully saturated rings. The molecule has 2 aliphatic rings. The summed E-state index contributed by atoms with van der Waals surface area (Å²) in [4.78, 5) is 29.0. The molecular formula is C36H39Cl3N2O4. The monoisotopic (exact) mass is 668 g/mol. The van der Waals surface area contributed by atoms with Crippen LogP contribution in [0.25, 0.3) is 0 Å². The second kappa shape index (κ2) is 15.3. The molecule has 1 atom stereocenters. The van der Waals surface area contributed by atoms with Crippen molar-refractivity contribution >= 4 is 47.5 Å². The number of nitrogens with zero attached hydrogens (tertiary/aromatic N) is 1.